The molecule has 0 saturated carbocycles. The smallest absolute Gasteiger partial charge is 0.411 e. The van der Waals surface area contributed by atoms with Crippen molar-refractivity contribution in [2.75, 3.05) is 11.9 Å². The third-order valence-electron chi connectivity index (χ3n) is 4.71. The first-order valence-corrected chi connectivity index (χ1v) is 9.84. The van der Waals surface area contributed by atoms with Crippen LogP contribution in [-0.2, 0) is 4.74 Å². The van der Waals surface area contributed by atoms with Crippen molar-refractivity contribution in [1.82, 2.24) is 4.98 Å². The Hall–Kier alpha value is -2.90. The number of rotatable bonds is 4. The number of amides is 1. The highest BCUT2D eigenvalue weighted by atomic mass is 79.9. The first-order chi connectivity index (χ1) is 14.0. The molecule has 2 aromatic carbocycles. The number of carbonyl (C=O) groups is 2. The highest BCUT2D eigenvalue weighted by molar-refractivity contribution is 9.10. The summed E-state index contributed by atoms with van der Waals surface area (Å²) in [6.45, 7) is 0.141. The maximum Gasteiger partial charge on any atom is 0.411 e. The lowest BCUT2D eigenvalue weighted by molar-refractivity contribution is 0.0689. The summed E-state index contributed by atoms with van der Waals surface area (Å²) in [7, 11) is 0. The lowest BCUT2D eigenvalue weighted by Crippen LogP contribution is -2.19. The molecule has 6 nitrogen and oxygen atoms in total. The van der Waals surface area contributed by atoms with E-state index < -0.39 is 12.1 Å². The molecule has 0 atom stereocenters. The summed E-state index contributed by atoms with van der Waals surface area (Å²) in [5.74, 6) is -1.35. The standard InChI is InChI=1S/C21H14BrClN2O4/c22-18-16(9-17(23)25-19(18)20(26)27)24-21(28)29-10-15-13-7-3-1-5-11(13)12-6-2-4-8-14(12)15/h1-9,15H,10H2,(H,26,27)(H,24,25,28). The molecule has 0 saturated heterocycles. The number of hydrogen-bond acceptors (Lipinski definition) is 4. The Bertz CT molecular complexity index is 1090. The fourth-order valence-corrected chi connectivity index (χ4v) is 4.14. The number of benzene rings is 2. The highest BCUT2D eigenvalue weighted by Gasteiger charge is 2.29. The van der Waals surface area contributed by atoms with Crippen molar-refractivity contribution in [1.29, 1.82) is 0 Å². The maximum absolute atomic E-state index is 12.4. The molecule has 0 fully saturated rings. The molecule has 0 aliphatic heterocycles. The average molecular weight is 474 g/mol. The zero-order valence-electron chi connectivity index (χ0n) is 14.9. The van der Waals surface area contributed by atoms with Crippen LogP contribution in [0.5, 0.6) is 0 Å². The molecule has 1 amide bonds. The van der Waals surface area contributed by atoms with E-state index in [0.29, 0.717) is 0 Å². The van der Waals surface area contributed by atoms with Gasteiger partial charge in [0.15, 0.2) is 5.69 Å². The molecule has 0 unspecified atom stereocenters. The Labute approximate surface area is 179 Å². The van der Waals surface area contributed by atoms with Crippen LogP contribution < -0.4 is 5.32 Å². The van der Waals surface area contributed by atoms with Gasteiger partial charge in [0.25, 0.3) is 0 Å². The maximum atomic E-state index is 12.4. The summed E-state index contributed by atoms with van der Waals surface area (Å²) >= 11 is 8.99. The van der Waals surface area contributed by atoms with Gasteiger partial charge in [-0.25, -0.2) is 14.6 Å². The van der Waals surface area contributed by atoms with Crippen molar-refractivity contribution in [2.24, 2.45) is 0 Å². The number of carboxylic acids is 1. The number of nitrogens with one attached hydrogen (secondary N) is 1. The van der Waals surface area contributed by atoms with Crippen molar-refractivity contribution in [2.45, 2.75) is 5.92 Å². The first-order valence-electron chi connectivity index (χ1n) is 8.67. The molecular weight excluding hydrogens is 460 g/mol. The fourth-order valence-electron chi connectivity index (χ4n) is 3.48. The second-order valence-electron chi connectivity index (χ2n) is 6.41. The van der Waals surface area contributed by atoms with Crippen molar-refractivity contribution in [3.05, 3.63) is 81.0 Å². The summed E-state index contributed by atoms with van der Waals surface area (Å²) in [4.78, 5) is 27.3. The second-order valence-corrected chi connectivity index (χ2v) is 7.59. The number of carbonyl (C=O) groups excluding carboxylic acids is 1. The van der Waals surface area contributed by atoms with Crippen LogP contribution in [0.25, 0.3) is 11.1 Å². The summed E-state index contributed by atoms with van der Waals surface area (Å²) in [5.41, 5.74) is 4.33. The summed E-state index contributed by atoms with van der Waals surface area (Å²) < 4.78 is 5.57. The molecule has 146 valence electrons. The van der Waals surface area contributed by atoms with Crippen molar-refractivity contribution in [3.8, 4) is 11.1 Å². The second kappa shape index (κ2) is 7.85. The molecule has 29 heavy (non-hydrogen) atoms. The van der Waals surface area contributed by atoms with Crippen molar-refractivity contribution >= 4 is 45.3 Å². The number of fused-ring (bicyclic) bond motifs is 3. The zero-order chi connectivity index (χ0) is 20.5. The Kier molecular flexibility index (Phi) is 5.25. The number of ether oxygens (including phenoxy) is 1. The van der Waals surface area contributed by atoms with Gasteiger partial charge in [0.2, 0.25) is 0 Å². The number of carboxylic acid groups (broad SMARTS) is 1. The monoisotopic (exact) mass is 472 g/mol. The van der Waals surface area contributed by atoms with E-state index in [0.717, 1.165) is 22.3 Å². The molecule has 1 aliphatic rings. The van der Waals surface area contributed by atoms with Gasteiger partial charge in [-0.1, -0.05) is 60.1 Å². The Balaban J connectivity index is 1.52. The van der Waals surface area contributed by atoms with Crippen LogP contribution in [0.4, 0.5) is 10.5 Å². The summed E-state index contributed by atoms with van der Waals surface area (Å²) in [6.07, 6.45) is -0.717. The van der Waals surface area contributed by atoms with E-state index >= 15 is 0 Å². The number of pyridine rings is 1. The van der Waals surface area contributed by atoms with Gasteiger partial charge in [-0.15, -0.1) is 0 Å². The van der Waals surface area contributed by atoms with E-state index in [2.05, 4.69) is 38.4 Å². The molecule has 1 aliphatic carbocycles. The SMILES string of the molecule is O=C(Nc1cc(Cl)nc(C(=O)O)c1Br)OCC1c2ccccc2-c2ccccc21. The van der Waals surface area contributed by atoms with E-state index in [1.807, 2.05) is 36.4 Å². The van der Waals surface area contributed by atoms with E-state index in [1.54, 1.807) is 0 Å². The molecule has 0 radical (unpaired) electrons. The van der Waals surface area contributed by atoms with E-state index in [9.17, 15) is 14.7 Å². The number of aromatic carboxylic acids is 1. The van der Waals surface area contributed by atoms with Gasteiger partial charge >= 0.3 is 12.1 Å². The van der Waals surface area contributed by atoms with Crippen LogP contribution in [-0.4, -0.2) is 28.8 Å². The minimum Gasteiger partial charge on any atom is -0.476 e. The lowest BCUT2D eigenvalue weighted by Gasteiger charge is -2.15. The Morgan fingerprint density at radius 1 is 1.10 bits per heavy atom. The normalized spacial score (nSPS) is 12.2. The van der Waals surface area contributed by atoms with Gasteiger partial charge < -0.3 is 9.84 Å². The number of aromatic nitrogens is 1. The molecule has 1 heterocycles. The fraction of sp³-hybridized carbons (Fsp3) is 0.0952. The van der Waals surface area contributed by atoms with Crippen LogP contribution in [0.2, 0.25) is 5.15 Å². The third kappa shape index (κ3) is 3.71. The molecule has 2 N–H and O–H groups in total. The van der Waals surface area contributed by atoms with Gasteiger partial charge in [0.05, 0.1) is 10.2 Å². The average Bonchev–Trinajstić information content (AvgIpc) is 3.02. The zero-order valence-corrected chi connectivity index (χ0v) is 17.2. The minimum atomic E-state index is -1.27. The van der Waals surface area contributed by atoms with Crippen LogP contribution in [0.3, 0.4) is 0 Å². The van der Waals surface area contributed by atoms with Crippen LogP contribution in [0.15, 0.2) is 59.1 Å². The quantitative estimate of drug-likeness (QED) is 0.485. The van der Waals surface area contributed by atoms with Gasteiger partial charge in [-0.3, -0.25) is 5.32 Å². The van der Waals surface area contributed by atoms with Crippen LogP contribution >= 0.6 is 27.5 Å². The molecule has 4 rings (SSSR count). The molecule has 8 heteroatoms. The van der Waals surface area contributed by atoms with Crippen LogP contribution in [0, 0.1) is 0 Å². The van der Waals surface area contributed by atoms with E-state index in [-0.39, 0.29) is 33.5 Å². The predicted molar refractivity (Wildman–Crippen MR) is 113 cm³/mol. The number of halogens is 2. The highest BCUT2D eigenvalue weighted by Crippen LogP contribution is 2.44. The molecule has 1 aromatic heterocycles. The predicted octanol–water partition coefficient (Wildman–Crippen LogP) is 5.56. The van der Waals surface area contributed by atoms with E-state index in [1.165, 1.54) is 6.07 Å². The Morgan fingerprint density at radius 2 is 1.69 bits per heavy atom. The third-order valence-corrected chi connectivity index (χ3v) is 5.71. The summed E-state index contributed by atoms with van der Waals surface area (Å²) in [6, 6.07) is 17.4. The number of anilines is 1. The van der Waals surface area contributed by atoms with Crippen molar-refractivity contribution < 1.29 is 19.4 Å². The summed E-state index contributed by atoms with van der Waals surface area (Å²) in [5, 5.41) is 11.7. The lowest BCUT2D eigenvalue weighted by atomic mass is 9.98. The van der Waals surface area contributed by atoms with Gasteiger partial charge in [-0.2, -0.15) is 0 Å². The van der Waals surface area contributed by atoms with Gasteiger partial charge in [-0.05, 0) is 38.2 Å². The largest absolute Gasteiger partial charge is 0.476 e. The van der Waals surface area contributed by atoms with Gasteiger partial charge in [0.1, 0.15) is 11.8 Å². The van der Waals surface area contributed by atoms with Crippen molar-refractivity contribution in [3.63, 3.8) is 0 Å². The van der Waals surface area contributed by atoms with E-state index in [4.69, 9.17) is 16.3 Å². The minimum absolute atomic E-state index is 0.0560. The van der Waals surface area contributed by atoms with Crippen LogP contribution in [0.1, 0.15) is 27.5 Å². The molecule has 0 spiro atoms. The molecular formula is C21H14BrClN2O4. The number of hydrogen-bond donors (Lipinski definition) is 2. The first kappa shape index (κ1) is 19.4. The number of nitrogens with zero attached hydrogens (tertiary/aromatic N) is 1. The molecule has 3 aromatic rings. The Morgan fingerprint density at radius 3 is 2.28 bits per heavy atom. The molecule has 0 bridgehead atoms. The van der Waals surface area contributed by atoms with Gasteiger partial charge in [0, 0.05) is 12.0 Å². The topological polar surface area (TPSA) is 88.5 Å².